The molecule has 0 radical (unpaired) electrons. The lowest BCUT2D eigenvalue weighted by Crippen LogP contribution is -2.38. The molecule has 2 aromatic rings. The summed E-state index contributed by atoms with van der Waals surface area (Å²) in [5.41, 5.74) is 2.66. The van der Waals surface area contributed by atoms with Crippen LogP contribution in [0.2, 0.25) is 0 Å². The Hall–Kier alpha value is -2.72. The van der Waals surface area contributed by atoms with Crippen molar-refractivity contribution in [2.75, 3.05) is 49.2 Å². The fourth-order valence-corrected chi connectivity index (χ4v) is 4.02. The summed E-state index contributed by atoms with van der Waals surface area (Å²) >= 11 is 0. The van der Waals surface area contributed by atoms with Gasteiger partial charge < -0.3 is 14.5 Å². The Labute approximate surface area is 166 Å². The van der Waals surface area contributed by atoms with Crippen molar-refractivity contribution < 1.29 is 4.74 Å². The topological polar surface area (TPSA) is 78.2 Å². The molecule has 0 N–H and O–H groups in total. The number of pyridine rings is 1. The second kappa shape index (κ2) is 8.11. The predicted molar refractivity (Wildman–Crippen MR) is 108 cm³/mol. The number of nitriles is 1. The number of rotatable bonds is 3. The third-order valence-corrected chi connectivity index (χ3v) is 5.45. The average molecular weight is 378 g/mol. The first-order valence-corrected chi connectivity index (χ1v) is 9.95. The Balaban J connectivity index is 1.59. The van der Waals surface area contributed by atoms with Crippen molar-refractivity contribution in [3.63, 3.8) is 0 Å². The van der Waals surface area contributed by atoms with Gasteiger partial charge in [-0.15, -0.1) is 0 Å². The summed E-state index contributed by atoms with van der Waals surface area (Å²) in [4.78, 5) is 18.6. The highest BCUT2D eigenvalue weighted by Gasteiger charge is 2.26. The number of hydrogen-bond acceptors (Lipinski definition) is 7. The Morgan fingerprint density at radius 2 is 1.89 bits per heavy atom. The minimum Gasteiger partial charge on any atom is -0.378 e. The predicted octanol–water partition coefficient (Wildman–Crippen LogP) is 2.58. The molecule has 2 fully saturated rings. The van der Waals surface area contributed by atoms with Gasteiger partial charge in [0, 0.05) is 43.9 Å². The molecule has 7 heteroatoms. The van der Waals surface area contributed by atoms with Crippen LogP contribution in [0.1, 0.15) is 41.5 Å². The van der Waals surface area contributed by atoms with Gasteiger partial charge in [-0.2, -0.15) is 5.26 Å². The highest BCUT2D eigenvalue weighted by molar-refractivity contribution is 5.55. The summed E-state index contributed by atoms with van der Waals surface area (Å²) < 4.78 is 5.47. The van der Waals surface area contributed by atoms with Crippen molar-refractivity contribution >= 4 is 11.6 Å². The molecule has 7 nitrogen and oxygen atoms in total. The smallest absolute Gasteiger partial charge is 0.146 e. The monoisotopic (exact) mass is 378 g/mol. The highest BCUT2D eigenvalue weighted by atomic mass is 16.5. The minimum atomic E-state index is 0.309. The molecule has 0 amide bonds. The third-order valence-electron chi connectivity index (χ3n) is 5.45. The van der Waals surface area contributed by atoms with Gasteiger partial charge in [0.15, 0.2) is 0 Å². The van der Waals surface area contributed by atoms with Gasteiger partial charge in [-0.3, -0.25) is 0 Å². The lowest BCUT2D eigenvalue weighted by Gasteiger charge is -2.34. The van der Waals surface area contributed by atoms with E-state index >= 15 is 0 Å². The molecule has 28 heavy (non-hydrogen) atoms. The maximum absolute atomic E-state index is 9.49. The van der Waals surface area contributed by atoms with Gasteiger partial charge in [-0.05, 0) is 38.8 Å². The molecule has 146 valence electrons. The Kier molecular flexibility index (Phi) is 5.40. The first kappa shape index (κ1) is 18.6. The van der Waals surface area contributed by atoms with E-state index in [1.54, 1.807) is 0 Å². The number of morpholine rings is 1. The number of aryl methyl sites for hydroxylation is 2. The molecule has 4 rings (SSSR count). The molecular formula is C21H26N6O. The molecule has 0 aliphatic carbocycles. The van der Waals surface area contributed by atoms with Crippen molar-refractivity contribution in [2.45, 2.75) is 32.6 Å². The van der Waals surface area contributed by atoms with Gasteiger partial charge in [0.05, 0.1) is 24.5 Å². The van der Waals surface area contributed by atoms with Crippen LogP contribution in [0.5, 0.6) is 0 Å². The lowest BCUT2D eigenvalue weighted by atomic mass is 9.94. The van der Waals surface area contributed by atoms with Gasteiger partial charge in [-0.25, -0.2) is 15.0 Å². The van der Waals surface area contributed by atoms with Crippen LogP contribution in [0.15, 0.2) is 18.2 Å². The summed E-state index contributed by atoms with van der Waals surface area (Å²) in [5, 5.41) is 9.49. The maximum atomic E-state index is 9.49. The Morgan fingerprint density at radius 3 is 2.68 bits per heavy atom. The maximum Gasteiger partial charge on any atom is 0.146 e. The van der Waals surface area contributed by atoms with E-state index in [1.807, 2.05) is 26.0 Å². The van der Waals surface area contributed by atoms with Gasteiger partial charge in [0.25, 0.3) is 0 Å². The van der Waals surface area contributed by atoms with Crippen LogP contribution >= 0.6 is 0 Å². The summed E-state index contributed by atoms with van der Waals surface area (Å²) in [6.45, 7) is 8.89. The molecule has 2 aromatic heterocycles. The van der Waals surface area contributed by atoms with Crippen molar-refractivity contribution in [3.05, 3.63) is 41.0 Å². The molecule has 0 unspecified atom stereocenters. The van der Waals surface area contributed by atoms with E-state index in [1.165, 1.54) is 0 Å². The number of hydrogen-bond donors (Lipinski definition) is 0. The Morgan fingerprint density at radius 1 is 1.07 bits per heavy atom. The molecule has 0 saturated carbocycles. The van der Waals surface area contributed by atoms with E-state index in [4.69, 9.17) is 9.72 Å². The van der Waals surface area contributed by atoms with E-state index in [9.17, 15) is 5.26 Å². The van der Waals surface area contributed by atoms with E-state index in [-0.39, 0.29) is 0 Å². The van der Waals surface area contributed by atoms with E-state index < -0.39 is 0 Å². The molecule has 2 aliphatic heterocycles. The summed E-state index contributed by atoms with van der Waals surface area (Å²) in [5.74, 6) is 2.91. The van der Waals surface area contributed by atoms with Crippen LogP contribution in [-0.4, -0.2) is 54.3 Å². The van der Waals surface area contributed by atoms with Crippen LogP contribution in [-0.2, 0) is 4.74 Å². The second-order valence-electron chi connectivity index (χ2n) is 7.52. The number of nitrogens with zero attached hydrogens (tertiary/aromatic N) is 6. The van der Waals surface area contributed by atoms with Crippen LogP contribution in [0.3, 0.4) is 0 Å². The highest BCUT2D eigenvalue weighted by Crippen LogP contribution is 2.31. The summed E-state index contributed by atoms with van der Waals surface area (Å²) in [6.07, 6.45) is 2.14. The molecule has 1 atom stereocenters. The average Bonchev–Trinajstić information content (AvgIpc) is 2.74. The number of aromatic nitrogens is 3. The minimum absolute atomic E-state index is 0.309. The zero-order valence-corrected chi connectivity index (χ0v) is 16.6. The fraction of sp³-hybridized carbons (Fsp3) is 0.524. The lowest BCUT2D eigenvalue weighted by molar-refractivity contribution is 0.122. The molecule has 0 bridgehead atoms. The van der Waals surface area contributed by atoms with E-state index in [0.717, 1.165) is 81.1 Å². The zero-order valence-electron chi connectivity index (χ0n) is 16.6. The van der Waals surface area contributed by atoms with Crippen molar-refractivity contribution in [1.82, 2.24) is 15.0 Å². The SMILES string of the molecule is Cc1ccc(C#N)c(N2CCC[C@@H](c3cc(N4CCOCC4)nc(C)n3)C2)n1. The first-order valence-electron chi connectivity index (χ1n) is 9.95. The number of piperidine rings is 1. The van der Waals surface area contributed by atoms with E-state index in [0.29, 0.717) is 11.5 Å². The largest absolute Gasteiger partial charge is 0.378 e. The van der Waals surface area contributed by atoms with Gasteiger partial charge in [0.1, 0.15) is 23.5 Å². The zero-order chi connectivity index (χ0) is 19.5. The quantitative estimate of drug-likeness (QED) is 0.812. The standard InChI is InChI=1S/C21H26N6O/c1-15-5-6-17(13-22)21(23-15)27-7-3-4-18(14-27)19-12-20(25-16(2)24-19)26-8-10-28-11-9-26/h5-6,12,18H,3-4,7-11,14H2,1-2H3/t18-/m1/s1. The van der Waals surface area contributed by atoms with Gasteiger partial charge >= 0.3 is 0 Å². The van der Waals surface area contributed by atoms with Gasteiger partial charge in [0.2, 0.25) is 0 Å². The Bertz CT molecular complexity index is 887. The molecule has 2 aliphatic rings. The molecule has 4 heterocycles. The fourth-order valence-electron chi connectivity index (χ4n) is 4.02. The van der Waals surface area contributed by atoms with Crippen LogP contribution < -0.4 is 9.80 Å². The van der Waals surface area contributed by atoms with Crippen molar-refractivity contribution in [3.8, 4) is 6.07 Å². The van der Waals surface area contributed by atoms with E-state index in [2.05, 4.69) is 31.9 Å². The van der Waals surface area contributed by atoms with Crippen molar-refractivity contribution in [1.29, 1.82) is 5.26 Å². The van der Waals surface area contributed by atoms with Crippen molar-refractivity contribution in [2.24, 2.45) is 0 Å². The van der Waals surface area contributed by atoms with Crippen LogP contribution in [0.25, 0.3) is 0 Å². The number of anilines is 2. The molecule has 0 aromatic carbocycles. The van der Waals surface area contributed by atoms with Crippen LogP contribution in [0, 0.1) is 25.2 Å². The molecular weight excluding hydrogens is 352 g/mol. The van der Waals surface area contributed by atoms with Crippen LogP contribution in [0.4, 0.5) is 11.6 Å². The molecule has 2 saturated heterocycles. The second-order valence-corrected chi connectivity index (χ2v) is 7.52. The summed E-state index contributed by atoms with van der Waals surface area (Å²) in [7, 11) is 0. The molecule has 0 spiro atoms. The first-order chi connectivity index (χ1) is 13.6. The normalized spacial score (nSPS) is 20.1. The summed E-state index contributed by atoms with van der Waals surface area (Å²) in [6, 6.07) is 8.19. The third kappa shape index (κ3) is 3.92. The van der Waals surface area contributed by atoms with Gasteiger partial charge in [-0.1, -0.05) is 0 Å². The number of ether oxygens (including phenoxy) is 1.